The van der Waals surface area contributed by atoms with Crippen molar-refractivity contribution in [3.05, 3.63) is 42.5 Å². The highest BCUT2D eigenvalue weighted by molar-refractivity contribution is 7.21. The minimum absolute atomic E-state index is 0.141. The first-order valence-electron chi connectivity index (χ1n) is 13.1. The van der Waals surface area contributed by atoms with Crippen molar-refractivity contribution in [1.82, 2.24) is 10.3 Å². The second-order valence-electron chi connectivity index (χ2n) is 9.22. The molecule has 1 aromatic heterocycles. The van der Waals surface area contributed by atoms with Gasteiger partial charge in [0.15, 0.2) is 0 Å². The van der Waals surface area contributed by atoms with E-state index in [0.717, 1.165) is 26.5 Å². The number of amides is 1. The van der Waals surface area contributed by atoms with Crippen molar-refractivity contribution in [1.29, 1.82) is 0 Å². The zero-order valence-corrected chi connectivity index (χ0v) is 22.1. The molecule has 1 heterocycles. The number of benzene rings is 2. The molecule has 1 fully saturated rings. The number of rotatable bonds is 16. The van der Waals surface area contributed by atoms with Gasteiger partial charge in [0.1, 0.15) is 10.8 Å². The fraction of sp³-hybridized carbons (Fsp3) is 0.500. The Hall–Kier alpha value is -2.72. The Morgan fingerprint density at radius 3 is 2.32 bits per heavy atom. The van der Waals surface area contributed by atoms with E-state index in [-0.39, 0.29) is 11.7 Å². The van der Waals surface area contributed by atoms with Crippen LogP contribution in [0.3, 0.4) is 0 Å². The number of ether oxygens (including phenoxy) is 3. The number of carbonyl (C=O) groups excluding carboxylic acids is 1. The third-order valence-electron chi connectivity index (χ3n) is 6.34. The predicted molar refractivity (Wildman–Crippen MR) is 147 cm³/mol. The summed E-state index contributed by atoms with van der Waals surface area (Å²) in [6.07, 6.45) is 5.56. The molecule has 0 radical (unpaired) electrons. The van der Waals surface area contributed by atoms with E-state index in [1.54, 1.807) is 23.5 Å². The summed E-state index contributed by atoms with van der Waals surface area (Å²) >= 11 is 1.57. The van der Waals surface area contributed by atoms with Crippen molar-refractivity contribution in [2.45, 2.75) is 32.1 Å². The van der Waals surface area contributed by atoms with Crippen molar-refractivity contribution < 1.29 is 24.1 Å². The molecule has 1 amide bonds. The molecule has 200 valence electrons. The number of aromatic hydroxyl groups is 1. The molecule has 8 nitrogen and oxygen atoms in total. The summed E-state index contributed by atoms with van der Waals surface area (Å²) < 4.78 is 17.6. The van der Waals surface area contributed by atoms with Gasteiger partial charge in [-0.3, -0.25) is 4.79 Å². The van der Waals surface area contributed by atoms with E-state index in [1.807, 2.05) is 30.3 Å². The standard InChI is InChI=1S/C28H37N3O5S/c32-24-9-10-25-26(20-24)37-28(31-25)22-5-7-23(8-6-22)29-11-13-34-15-17-36-18-16-35-14-12-30-27(33)19-21-3-1-2-4-21/h5-10,20-21,29,32H,1-4,11-19H2,(H,30,33). The molecule has 1 saturated carbocycles. The highest BCUT2D eigenvalue weighted by Crippen LogP contribution is 2.32. The molecule has 1 aliphatic carbocycles. The number of phenolic OH excluding ortho intramolecular Hbond substituents is 1. The van der Waals surface area contributed by atoms with E-state index in [2.05, 4.69) is 15.6 Å². The van der Waals surface area contributed by atoms with Gasteiger partial charge < -0.3 is 30.0 Å². The fourth-order valence-corrected chi connectivity index (χ4v) is 5.39. The molecule has 0 saturated heterocycles. The largest absolute Gasteiger partial charge is 0.508 e. The number of fused-ring (bicyclic) bond motifs is 1. The van der Waals surface area contributed by atoms with Gasteiger partial charge in [-0.15, -0.1) is 11.3 Å². The number of thiazole rings is 1. The van der Waals surface area contributed by atoms with Crippen molar-refractivity contribution in [2.75, 3.05) is 58.0 Å². The third-order valence-corrected chi connectivity index (χ3v) is 7.41. The molecule has 2 aromatic carbocycles. The first-order valence-corrected chi connectivity index (χ1v) is 13.9. The van der Waals surface area contributed by atoms with Gasteiger partial charge in [0.2, 0.25) is 5.91 Å². The van der Waals surface area contributed by atoms with Gasteiger partial charge in [-0.05, 0) is 61.2 Å². The lowest BCUT2D eigenvalue weighted by atomic mass is 10.0. The maximum absolute atomic E-state index is 11.8. The molecule has 3 N–H and O–H groups in total. The number of hydrogen-bond donors (Lipinski definition) is 3. The molecule has 4 rings (SSSR count). The maximum Gasteiger partial charge on any atom is 0.220 e. The van der Waals surface area contributed by atoms with Gasteiger partial charge in [0.05, 0.1) is 49.9 Å². The van der Waals surface area contributed by atoms with Crippen LogP contribution in [-0.2, 0) is 19.0 Å². The van der Waals surface area contributed by atoms with Crippen LogP contribution in [0.1, 0.15) is 32.1 Å². The van der Waals surface area contributed by atoms with E-state index in [4.69, 9.17) is 14.2 Å². The van der Waals surface area contributed by atoms with E-state index < -0.39 is 0 Å². The van der Waals surface area contributed by atoms with Gasteiger partial charge >= 0.3 is 0 Å². The van der Waals surface area contributed by atoms with Gasteiger partial charge in [-0.1, -0.05) is 12.8 Å². The minimum atomic E-state index is 0.141. The van der Waals surface area contributed by atoms with Gasteiger partial charge in [-0.25, -0.2) is 4.98 Å². The summed E-state index contributed by atoms with van der Waals surface area (Å²) in [6.45, 7) is 4.43. The van der Waals surface area contributed by atoms with Crippen LogP contribution in [0.15, 0.2) is 42.5 Å². The second-order valence-corrected chi connectivity index (χ2v) is 10.2. The maximum atomic E-state index is 11.8. The average molecular weight is 528 g/mol. The predicted octanol–water partition coefficient (Wildman–Crippen LogP) is 4.83. The Labute approximate surface area is 222 Å². The first-order chi connectivity index (χ1) is 18.2. The quantitative estimate of drug-likeness (QED) is 0.229. The number of aromatic nitrogens is 1. The summed E-state index contributed by atoms with van der Waals surface area (Å²) in [4.78, 5) is 16.5. The lowest BCUT2D eigenvalue weighted by Gasteiger charge is -2.10. The Bertz CT molecular complexity index is 1100. The molecular weight excluding hydrogens is 490 g/mol. The molecule has 1 aliphatic rings. The van der Waals surface area contributed by atoms with Crippen LogP contribution >= 0.6 is 11.3 Å². The van der Waals surface area contributed by atoms with Crippen LogP contribution in [0, 0.1) is 5.92 Å². The Kier molecular flexibility index (Phi) is 11.0. The molecule has 37 heavy (non-hydrogen) atoms. The molecule has 9 heteroatoms. The molecular formula is C28H37N3O5S. The topological polar surface area (TPSA) is 102 Å². The number of nitrogens with one attached hydrogen (secondary N) is 2. The molecule has 0 aliphatic heterocycles. The monoisotopic (exact) mass is 527 g/mol. The van der Waals surface area contributed by atoms with Crippen molar-refractivity contribution >= 4 is 33.1 Å². The summed E-state index contributed by atoms with van der Waals surface area (Å²) in [5.41, 5.74) is 2.96. The number of phenols is 1. The lowest BCUT2D eigenvalue weighted by molar-refractivity contribution is -0.122. The highest BCUT2D eigenvalue weighted by Gasteiger charge is 2.17. The molecule has 0 atom stereocenters. The minimum Gasteiger partial charge on any atom is -0.508 e. The van der Waals surface area contributed by atoms with Crippen molar-refractivity contribution in [2.24, 2.45) is 5.92 Å². The lowest BCUT2D eigenvalue weighted by Crippen LogP contribution is -2.28. The van der Waals surface area contributed by atoms with E-state index in [1.165, 1.54) is 25.7 Å². The highest BCUT2D eigenvalue weighted by atomic mass is 32.1. The van der Waals surface area contributed by atoms with Gasteiger partial charge in [0.25, 0.3) is 0 Å². The van der Waals surface area contributed by atoms with Crippen LogP contribution in [0.4, 0.5) is 5.69 Å². The second kappa shape index (κ2) is 14.9. The first kappa shape index (κ1) is 27.3. The zero-order chi connectivity index (χ0) is 25.7. The summed E-state index contributed by atoms with van der Waals surface area (Å²) in [5, 5.41) is 16.9. The van der Waals surface area contributed by atoms with Crippen molar-refractivity contribution in [3.8, 4) is 16.3 Å². The molecule has 0 spiro atoms. The van der Waals surface area contributed by atoms with Crippen molar-refractivity contribution in [3.63, 3.8) is 0 Å². The normalized spacial score (nSPS) is 13.8. The average Bonchev–Trinajstić information content (AvgIpc) is 3.56. The van der Waals surface area contributed by atoms with Gasteiger partial charge in [0, 0.05) is 30.8 Å². The zero-order valence-electron chi connectivity index (χ0n) is 21.2. The number of nitrogens with zero attached hydrogens (tertiary/aromatic N) is 1. The number of hydrogen-bond acceptors (Lipinski definition) is 8. The Morgan fingerprint density at radius 1 is 0.919 bits per heavy atom. The van der Waals surface area contributed by atoms with E-state index in [9.17, 15) is 9.90 Å². The number of anilines is 1. The van der Waals surface area contributed by atoms with E-state index >= 15 is 0 Å². The Balaban J connectivity index is 0.971. The number of carbonyl (C=O) groups is 1. The Morgan fingerprint density at radius 2 is 1.59 bits per heavy atom. The van der Waals surface area contributed by atoms with E-state index in [0.29, 0.717) is 65.1 Å². The molecule has 0 bridgehead atoms. The molecule has 3 aromatic rings. The van der Waals surface area contributed by atoms with Crippen LogP contribution in [0.25, 0.3) is 20.8 Å². The summed E-state index contributed by atoms with van der Waals surface area (Å²) in [6, 6.07) is 13.4. The third kappa shape index (κ3) is 9.27. The molecule has 0 unspecified atom stereocenters. The smallest absolute Gasteiger partial charge is 0.220 e. The van der Waals surface area contributed by atoms with Gasteiger partial charge in [-0.2, -0.15) is 0 Å². The fourth-order valence-electron chi connectivity index (χ4n) is 4.39. The van der Waals surface area contributed by atoms with Crippen LogP contribution in [0.5, 0.6) is 5.75 Å². The summed E-state index contributed by atoms with van der Waals surface area (Å²) in [5.74, 6) is 0.975. The van der Waals surface area contributed by atoms with Crippen LogP contribution in [0.2, 0.25) is 0 Å². The van der Waals surface area contributed by atoms with Crippen LogP contribution in [-0.4, -0.2) is 68.7 Å². The SMILES string of the molecule is O=C(CC1CCCC1)NCCOCCOCCOCCNc1ccc(-c2nc3ccc(O)cc3s2)cc1. The summed E-state index contributed by atoms with van der Waals surface area (Å²) in [7, 11) is 0. The van der Waals surface area contributed by atoms with Crippen LogP contribution < -0.4 is 10.6 Å².